The molecule has 4 aliphatic carbocycles. The fraction of sp³-hybridized carbons (Fsp3) is 0.720. The van der Waals surface area contributed by atoms with Gasteiger partial charge in [-0.25, -0.2) is 13.2 Å². The second-order valence-electron chi connectivity index (χ2n) is 10.6. The van der Waals surface area contributed by atoms with Crippen molar-refractivity contribution in [3.05, 3.63) is 23.8 Å². The number of hydrogen-bond acceptors (Lipinski definition) is 6. The number of hydrogen-bond donors (Lipinski definition) is 1. The summed E-state index contributed by atoms with van der Waals surface area (Å²) in [5.74, 6) is -3.30. The molecule has 188 valence electrons. The van der Waals surface area contributed by atoms with Crippen LogP contribution in [0.25, 0.3) is 0 Å². The highest BCUT2D eigenvalue weighted by atomic mass is 32.2. The Hall–Kier alpha value is -1.61. The average Bonchev–Trinajstić information content (AvgIpc) is 2.99. The molecule has 0 amide bonds. The van der Waals surface area contributed by atoms with Crippen molar-refractivity contribution in [3.8, 4) is 0 Å². The van der Waals surface area contributed by atoms with Crippen molar-refractivity contribution in [3.63, 3.8) is 0 Å². The first-order chi connectivity index (χ1) is 15.8. The van der Waals surface area contributed by atoms with Crippen molar-refractivity contribution in [1.82, 2.24) is 0 Å². The number of alkyl halides is 3. The van der Waals surface area contributed by atoms with Crippen LogP contribution in [0.5, 0.6) is 0 Å². The van der Waals surface area contributed by atoms with Gasteiger partial charge in [0.1, 0.15) is 12.2 Å². The normalized spacial score (nSPS) is 47.4. The third-order valence-corrected chi connectivity index (χ3v) is 9.90. The first kappa shape index (κ1) is 25.5. The number of ether oxygens (including phenoxy) is 1. The highest BCUT2D eigenvalue weighted by Gasteiger charge is 2.78. The molecule has 34 heavy (non-hydrogen) atoms. The van der Waals surface area contributed by atoms with Crippen molar-refractivity contribution in [2.45, 2.75) is 76.9 Å². The lowest BCUT2D eigenvalue weighted by Crippen LogP contribution is -2.70. The number of halogens is 3. The molecule has 4 aliphatic rings. The molecule has 0 bridgehead atoms. The van der Waals surface area contributed by atoms with Crippen molar-refractivity contribution in [2.24, 2.45) is 28.6 Å². The average molecular weight is 501 g/mol. The van der Waals surface area contributed by atoms with Crippen LogP contribution in [0, 0.1) is 28.6 Å². The summed E-state index contributed by atoms with van der Waals surface area (Å²) in [5.41, 5.74) is -6.84. The highest BCUT2D eigenvalue weighted by molar-refractivity contribution is 8.13. The maximum absolute atomic E-state index is 17.2. The van der Waals surface area contributed by atoms with Gasteiger partial charge in [0, 0.05) is 29.1 Å². The number of aliphatic hydroxyl groups is 1. The maximum Gasteiger partial charge on any atom is 0.306 e. The SMILES string of the molecule is CCC(=O)O[C@]1(C(=O)SCF)[C@H](C)C[C@@H]2[C@@H]3C[C@H](F)C4=CC(=O)C=C[C@]4(C)[C@@]3(F)[C@@H](O)C[C@@]21C. The number of allylic oxidation sites excluding steroid dienone is 4. The van der Waals surface area contributed by atoms with Gasteiger partial charge in [-0.1, -0.05) is 26.8 Å². The van der Waals surface area contributed by atoms with E-state index >= 15 is 8.78 Å². The summed E-state index contributed by atoms with van der Waals surface area (Å²) in [6, 6.07) is -1.02. The van der Waals surface area contributed by atoms with Gasteiger partial charge in [0.2, 0.25) is 5.12 Å². The molecule has 4 rings (SSSR count). The van der Waals surface area contributed by atoms with Gasteiger partial charge in [-0.3, -0.25) is 14.4 Å². The summed E-state index contributed by atoms with van der Waals surface area (Å²) in [4.78, 5) is 37.8. The van der Waals surface area contributed by atoms with E-state index < -0.39 is 75.0 Å². The number of carbonyl (C=O) groups is 3. The second kappa shape index (κ2) is 8.22. The third kappa shape index (κ3) is 3.01. The van der Waals surface area contributed by atoms with E-state index in [2.05, 4.69) is 0 Å². The van der Waals surface area contributed by atoms with E-state index in [1.165, 1.54) is 19.1 Å². The molecule has 3 fully saturated rings. The predicted molar refractivity (Wildman–Crippen MR) is 121 cm³/mol. The van der Waals surface area contributed by atoms with Crippen LogP contribution in [0.1, 0.15) is 53.4 Å². The predicted octanol–water partition coefficient (Wildman–Crippen LogP) is 4.43. The summed E-state index contributed by atoms with van der Waals surface area (Å²) in [6.07, 6.45) is 0.160. The number of carbonyl (C=O) groups excluding carboxylic acids is 3. The standard InChI is InChI=1S/C25H31F3O5S/c1-5-20(31)33-25(21(32)34-12-26)13(2)8-15-16-10-18(27)17-9-14(29)6-7-22(17,3)24(16,28)19(30)11-23(15,25)4/h6-7,9,13,15-16,18-19,30H,5,8,10-12H2,1-4H3/t13-,15-,16+,18+,19+,22+,23+,24+,25+/m1/s1. The quantitative estimate of drug-likeness (QED) is 0.576. The molecule has 0 aromatic carbocycles. The van der Waals surface area contributed by atoms with Crippen LogP contribution < -0.4 is 0 Å². The van der Waals surface area contributed by atoms with Crippen LogP contribution >= 0.6 is 11.8 Å². The summed E-state index contributed by atoms with van der Waals surface area (Å²) < 4.78 is 51.8. The fourth-order valence-corrected chi connectivity index (χ4v) is 8.42. The van der Waals surface area contributed by atoms with Crippen molar-refractivity contribution >= 4 is 28.6 Å². The smallest absolute Gasteiger partial charge is 0.306 e. The van der Waals surface area contributed by atoms with Gasteiger partial charge < -0.3 is 9.84 Å². The van der Waals surface area contributed by atoms with E-state index in [0.29, 0.717) is 11.8 Å². The number of ketones is 1. The van der Waals surface area contributed by atoms with E-state index in [4.69, 9.17) is 4.74 Å². The van der Waals surface area contributed by atoms with Crippen LogP contribution in [0.3, 0.4) is 0 Å². The fourth-order valence-electron chi connectivity index (χ4n) is 7.63. The minimum Gasteiger partial charge on any atom is -0.449 e. The zero-order chi connectivity index (χ0) is 25.3. The highest BCUT2D eigenvalue weighted by Crippen LogP contribution is 2.72. The Kier molecular flexibility index (Phi) is 6.16. The van der Waals surface area contributed by atoms with Crippen LogP contribution in [0.4, 0.5) is 13.2 Å². The molecular weight excluding hydrogens is 469 g/mol. The first-order valence-electron chi connectivity index (χ1n) is 11.7. The molecule has 9 atom stereocenters. The summed E-state index contributed by atoms with van der Waals surface area (Å²) in [6.45, 7) is 6.45. The number of esters is 1. The van der Waals surface area contributed by atoms with Crippen LogP contribution in [-0.4, -0.2) is 51.5 Å². The molecule has 0 aliphatic heterocycles. The Morgan fingerprint density at radius 3 is 2.56 bits per heavy atom. The Bertz CT molecular complexity index is 984. The van der Waals surface area contributed by atoms with E-state index in [-0.39, 0.29) is 31.3 Å². The molecule has 3 saturated carbocycles. The topological polar surface area (TPSA) is 80.7 Å². The van der Waals surface area contributed by atoms with Crippen molar-refractivity contribution < 1.29 is 37.4 Å². The Morgan fingerprint density at radius 2 is 1.94 bits per heavy atom. The minimum absolute atomic E-state index is 0.0141. The Labute approximate surface area is 201 Å². The Morgan fingerprint density at radius 1 is 1.26 bits per heavy atom. The minimum atomic E-state index is -2.30. The molecule has 0 saturated heterocycles. The molecule has 5 nitrogen and oxygen atoms in total. The zero-order valence-electron chi connectivity index (χ0n) is 19.8. The zero-order valence-corrected chi connectivity index (χ0v) is 20.6. The lowest BCUT2D eigenvalue weighted by atomic mass is 9.44. The third-order valence-electron chi connectivity index (χ3n) is 9.22. The Balaban J connectivity index is 1.87. The largest absolute Gasteiger partial charge is 0.449 e. The summed E-state index contributed by atoms with van der Waals surface area (Å²) in [5, 5.41) is 10.7. The lowest BCUT2D eigenvalue weighted by molar-refractivity contribution is -0.228. The molecule has 0 unspecified atom stereocenters. The molecule has 0 heterocycles. The van der Waals surface area contributed by atoms with Gasteiger partial charge in [-0.05, 0) is 61.6 Å². The number of thioether (sulfide) groups is 1. The van der Waals surface area contributed by atoms with Gasteiger partial charge in [-0.15, -0.1) is 0 Å². The molecule has 9 heteroatoms. The van der Waals surface area contributed by atoms with Crippen LogP contribution in [0.2, 0.25) is 0 Å². The summed E-state index contributed by atoms with van der Waals surface area (Å²) >= 11 is 0.396. The second-order valence-corrected chi connectivity index (χ2v) is 11.5. The molecular formula is C25H31F3O5S. The monoisotopic (exact) mass is 500 g/mol. The number of fused-ring (bicyclic) bond motifs is 5. The van der Waals surface area contributed by atoms with Gasteiger partial charge in [0.25, 0.3) is 0 Å². The maximum atomic E-state index is 17.2. The van der Waals surface area contributed by atoms with Crippen molar-refractivity contribution in [2.75, 3.05) is 6.01 Å². The first-order valence-corrected chi connectivity index (χ1v) is 12.7. The van der Waals surface area contributed by atoms with Crippen molar-refractivity contribution in [1.29, 1.82) is 0 Å². The molecule has 1 N–H and O–H groups in total. The molecule has 0 spiro atoms. The van der Waals surface area contributed by atoms with E-state index in [1.807, 2.05) is 0 Å². The number of aliphatic hydroxyl groups excluding tert-OH is 1. The molecule has 0 aromatic heterocycles. The van der Waals surface area contributed by atoms with Gasteiger partial charge in [0.05, 0.1) is 6.10 Å². The number of rotatable bonds is 4. The van der Waals surface area contributed by atoms with Gasteiger partial charge in [-0.2, -0.15) is 0 Å². The van der Waals surface area contributed by atoms with E-state index in [1.54, 1.807) is 20.8 Å². The summed E-state index contributed by atoms with van der Waals surface area (Å²) in [7, 11) is 0. The van der Waals surface area contributed by atoms with E-state index in [0.717, 1.165) is 6.08 Å². The van der Waals surface area contributed by atoms with Gasteiger partial charge >= 0.3 is 5.97 Å². The molecule has 0 aromatic rings. The molecule has 0 radical (unpaired) electrons. The van der Waals surface area contributed by atoms with E-state index in [9.17, 15) is 23.9 Å². The lowest BCUT2D eigenvalue weighted by Gasteiger charge is -2.63. The van der Waals surface area contributed by atoms with Gasteiger partial charge in [0.15, 0.2) is 17.1 Å². The van der Waals surface area contributed by atoms with Crippen LogP contribution in [-0.2, 0) is 19.1 Å². The van der Waals surface area contributed by atoms with Crippen LogP contribution in [0.15, 0.2) is 23.8 Å².